The number of rotatable bonds is 12. The molecule has 1 atom stereocenters. The number of likely N-dealkylation sites (N-methyl/N-ethyl adjacent to an activating group) is 1. The van der Waals surface area contributed by atoms with Crippen molar-refractivity contribution in [3.8, 4) is 0 Å². The van der Waals surface area contributed by atoms with E-state index in [2.05, 4.69) is 16.0 Å². The number of carboxylic acid groups (broad SMARTS) is 3. The SMILES string of the molecule is CNCCNC(=S)Nc1ccc(CC2CN(CC(=O)O)CCN(CC(=O)O)CCN2CC(=O)O)cc1. The van der Waals surface area contributed by atoms with Gasteiger partial charge in [-0.15, -0.1) is 0 Å². The highest BCUT2D eigenvalue weighted by Gasteiger charge is 2.27. The maximum atomic E-state index is 11.6. The average molecular weight is 525 g/mol. The summed E-state index contributed by atoms with van der Waals surface area (Å²) in [5.41, 5.74) is 1.78. The van der Waals surface area contributed by atoms with Crippen LogP contribution in [0.4, 0.5) is 5.69 Å². The van der Waals surface area contributed by atoms with E-state index >= 15 is 0 Å². The minimum absolute atomic E-state index is 0.188. The van der Waals surface area contributed by atoms with Crippen LogP contribution in [0.2, 0.25) is 0 Å². The number of carbonyl (C=O) groups is 3. The van der Waals surface area contributed by atoms with E-state index in [1.807, 2.05) is 31.3 Å². The van der Waals surface area contributed by atoms with Gasteiger partial charge in [-0.05, 0) is 43.4 Å². The first kappa shape index (κ1) is 29.4. The third-order valence-corrected chi connectivity index (χ3v) is 6.07. The van der Waals surface area contributed by atoms with E-state index in [1.165, 1.54) is 0 Å². The van der Waals surface area contributed by atoms with Crippen molar-refractivity contribution in [2.45, 2.75) is 12.5 Å². The van der Waals surface area contributed by atoms with E-state index in [9.17, 15) is 29.7 Å². The fraction of sp³-hybridized carbons (Fsp3) is 0.565. The van der Waals surface area contributed by atoms with Crippen LogP contribution in [0.25, 0.3) is 0 Å². The average Bonchev–Trinajstić information content (AvgIpc) is 2.85. The second-order valence-corrected chi connectivity index (χ2v) is 9.11. The normalized spacial score (nSPS) is 18.0. The second-order valence-electron chi connectivity index (χ2n) is 8.70. The quantitative estimate of drug-likeness (QED) is 0.150. The number of benzene rings is 1. The maximum absolute atomic E-state index is 11.6. The minimum Gasteiger partial charge on any atom is -0.480 e. The van der Waals surface area contributed by atoms with Crippen molar-refractivity contribution in [1.82, 2.24) is 25.3 Å². The van der Waals surface area contributed by atoms with Crippen LogP contribution in [0.15, 0.2) is 24.3 Å². The molecule has 0 aromatic heterocycles. The Labute approximate surface area is 216 Å². The van der Waals surface area contributed by atoms with E-state index in [0.29, 0.717) is 50.8 Å². The lowest BCUT2D eigenvalue weighted by Crippen LogP contribution is -2.49. The first-order valence-electron chi connectivity index (χ1n) is 11.8. The topological polar surface area (TPSA) is 158 Å². The molecule has 6 N–H and O–H groups in total. The summed E-state index contributed by atoms with van der Waals surface area (Å²) in [5, 5.41) is 37.9. The molecule has 1 saturated heterocycles. The van der Waals surface area contributed by atoms with Gasteiger partial charge in [0, 0.05) is 57.5 Å². The third kappa shape index (κ3) is 11.3. The van der Waals surface area contributed by atoms with Crippen LogP contribution in [-0.4, -0.2) is 132 Å². The number of aliphatic carboxylic acids is 3. The van der Waals surface area contributed by atoms with Crippen LogP contribution in [0.5, 0.6) is 0 Å². The van der Waals surface area contributed by atoms with Gasteiger partial charge in [-0.25, -0.2) is 0 Å². The molecule has 0 spiro atoms. The molecular formula is C23H36N6O6S. The maximum Gasteiger partial charge on any atom is 0.317 e. The van der Waals surface area contributed by atoms with Crippen LogP contribution in [0, 0.1) is 0 Å². The summed E-state index contributed by atoms with van der Waals surface area (Å²) in [4.78, 5) is 39.6. The number of carboxylic acids is 3. The molecule has 0 amide bonds. The molecule has 13 heteroatoms. The van der Waals surface area contributed by atoms with E-state index in [-0.39, 0.29) is 25.7 Å². The third-order valence-electron chi connectivity index (χ3n) is 5.82. The van der Waals surface area contributed by atoms with Gasteiger partial charge in [0.05, 0.1) is 19.6 Å². The van der Waals surface area contributed by atoms with Gasteiger partial charge in [-0.2, -0.15) is 0 Å². The van der Waals surface area contributed by atoms with Gasteiger partial charge in [-0.3, -0.25) is 29.1 Å². The molecule has 0 bridgehead atoms. The predicted molar refractivity (Wildman–Crippen MR) is 139 cm³/mol. The largest absolute Gasteiger partial charge is 0.480 e. The van der Waals surface area contributed by atoms with Gasteiger partial charge in [0.25, 0.3) is 0 Å². The number of hydrogen-bond donors (Lipinski definition) is 6. The van der Waals surface area contributed by atoms with Crippen molar-refractivity contribution in [3.63, 3.8) is 0 Å². The van der Waals surface area contributed by atoms with Crippen molar-refractivity contribution < 1.29 is 29.7 Å². The van der Waals surface area contributed by atoms with Crippen LogP contribution < -0.4 is 16.0 Å². The molecule has 1 aliphatic heterocycles. The van der Waals surface area contributed by atoms with Crippen molar-refractivity contribution >= 4 is 40.9 Å². The van der Waals surface area contributed by atoms with E-state index in [4.69, 9.17) is 12.2 Å². The molecule has 36 heavy (non-hydrogen) atoms. The lowest BCUT2D eigenvalue weighted by atomic mass is 10.0. The Morgan fingerprint density at radius 3 is 2.08 bits per heavy atom. The smallest absolute Gasteiger partial charge is 0.317 e. The van der Waals surface area contributed by atoms with Crippen LogP contribution >= 0.6 is 12.2 Å². The summed E-state index contributed by atoms with van der Waals surface area (Å²) in [6, 6.07) is 7.38. The molecule has 1 heterocycles. The Hall–Kier alpha value is -2.84. The Balaban J connectivity index is 2.16. The molecule has 12 nitrogen and oxygen atoms in total. The van der Waals surface area contributed by atoms with Gasteiger partial charge >= 0.3 is 17.9 Å². The van der Waals surface area contributed by atoms with Gasteiger partial charge < -0.3 is 31.3 Å². The standard InChI is InChI=1S/C23H36N6O6S/c1-24-6-7-25-23(36)26-18-4-2-17(3-5-18)12-19-13-28(15-21(32)33)9-8-27(14-20(30)31)10-11-29(19)16-22(34)35/h2-5,19,24H,6-16H2,1H3,(H,30,31)(H,32,33)(H,34,35)(H2,25,26,36). The highest BCUT2D eigenvalue weighted by atomic mass is 32.1. The molecule has 1 unspecified atom stereocenters. The molecule has 0 radical (unpaired) electrons. The van der Waals surface area contributed by atoms with Gasteiger partial charge in [-0.1, -0.05) is 12.1 Å². The first-order valence-corrected chi connectivity index (χ1v) is 12.2. The second kappa shape index (κ2) is 15.3. The fourth-order valence-electron chi connectivity index (χ4n) is 4.08. The van der Waals surface area contributed by atoms with Crippen LogP contribution in [0.1, 0.15) is 5.56 Å². The molecule has 1 aliphatic rings. The van der Waals surface area contributed by atoms with Crippen molar-refractivity contribution in [1.29, 1.82) is 0 Å². The highest BCUT2D eigenvalue weighted by molar-refractivity contribution is 7.80. The number of anilines is 1. The lowest BCUT2D eigenvalue weighted by molar-refractivity contribution is -0.140. The lowest BCUT2D eigenvalue weighted by Gasteiger charge is -2.33. The fourth-order valence-corrected chi connectivity index (χ4v) is 4.30. The van der Waals surface area contributed by atoms with E-state index < -0.39 is 17.9 Å². The predicted octanol–water partition coefficient (Wildman–Crippen LogP) is -0.723. The highest BCUT2D eigenvalue weighted by Crippen LogP contribution is 2.16. The summed E-state index contributed by atoms with van der Waals surface area (Å²) in [5.74, 6) is -2.96. The van der Waals surface area contributed by atoms with E-state index in [1.54, 1.807) is 14.7 Å². The summed E-state index contributed by atoms with van der Waals surface area (Å²) in [6.45, 7) is 2.69. The Morgan fingerprint density at radius 2 is 1.47 bits per heavy atom. The Kier molecular flexibility index (Phi) is 12.5. The van der Waals surface area contributed by atoms with E-state index in [0.717, 1.165) is 17.8 Å². The molecule has 1 fully saturated rings. The molecule has 1 aromatic carbocycles. The summed E-state index contributed by atoms with van der Waals surface area (Å²) in [7, 11) is 1.86. The Morgan fingerprint density at radius 1 is 0.889 bits per heavy atom. The van der Waals surface area contributed by atoms with Crippen molar-refractivity contribution in [2.24, 2.45) is 0 Å². The molecule has 1 aromatic rings. The molecule has 2 rings (SSSR count). The zero-order valence-corrected chi connectivity index (χ0v) is 21.3. The van der Waals surface area contributed by atoms with Crippen molar-refractivity contribution in [2.75, 3.05) is 77.8 Å². The monoisotopic (exact) mass is 524 g/mol. The van der Waals surface area contributed by atoms with Crippen molar-refractivity contribution in [3.05, 3.63) is 29.8 Å². The number of nitrogens with one attached hydrogen (secondary N) is 3. The van der Waals surface area contributed by atoms with Gasteiger partial charge in [0.2, 0.25) is 0 Å². The molecule has 200 valence electrons. The van der Waals surface area contributed by atoms with Crippen LogP contribution in [-0.2, 0) is 20.8 Å². The summed E-state index contributed by atoms with van der Waals surface area (Å²) < 4.78 is 0. The molecule has 0 aliphatic carbocycles. The zero-order chi connectivity index (χ0) is 26.5. The first-order chi connectivity index (χ1) is 17.2. The molecular weight excluding hydrogens is 488 g/mol. The summed E-state index contributed by atoms with van der Waals surface area (Å²) in [6.07, 6.45) is 0.507. The number of thiocarbonyl (C=S) groups is 1. The summed E-state index contributed by atoms with van der Waals surface area (Å²) >= 11 is 5.29. The molecule has 0 saturated carbocycles. The van der Waals surface area contributed by atoms with Gasteiger partial charge in [0.1, 0.15) is 0 Å². The minimum atomic E-state index is -0.993. The number of hydrogen-bond acceptors (Lipinski definition) is 8. The van der Waals surface area contributed by atoms with Gasteiger partial charge in [0.15, 0.2) is 5.11 Å². The Bertz CT molecular complexity index is 886. The number of nitrogens with zero attached hydrogens (tertiary/aromatic N) is 3. The zero-order valence-electron chi connectivity index (χ0n) is 20.5. The van der Waals surface area contributed by atoms with Crippen LogP contribution in [0.3, 0.4) is 0 Å².